The minimum Gasteiger partial charge on any atom is -0.352 e. The summed E-state index contributed by atoms with van der Waals surface area (Å²) in [6.45, 7) is 10.2. The Balaban J connectivity index is 1.73. The molecule has 0 N–H and O–H groups in total. The largest absolute Gasteiger partial charge is 0.352 e. The van der Waals surface area contributed by atoms with Gasteiger partial charge in [0.05, 0.1) is 5.56 Å². The lowest BCUT2D eigenvalue weighted by molar-refractivity contribution is 0.0790. The van der Waals surface area contributed by atoms with Gasteiger partial charge in [0.2, 0.25) is 0 Å². The van der Waals surface area contributed by atoms with Gasteiger partial charge < -0.3 is 9.80 Å². The lowest BCUT2D eigenvalue weighted by atomic mass is 10.00. The van der Waals surface area contributed by atoms with Crippen molar-refractivity contribution in [2.75, 3.05) is 24.5 Å². The zero-order valence-electron chi connectivity index (χ0n) is 14.4. The summed E-state index contributed by atoms with van der Waals surface area (Å²) in [6.07, 6.45) is 6.12. The van der Waals surface area contributed by atoms with E-state index in [1.165, 1.54) is 11.1 Å². The van der Waals surface area contributed by atoms with Gasteiger partial charge in [-0.05, 0) is 29.7 Å². The number of rotatable bonds is 6. The summed E-state index contributed by atoms with van der Waals surface area (Å²) in [6, 6.07) is 12.3. The summed E-state index contributed by atoms with van der Waals surface area (Å²) in [5.74, 6) is 0.855. The van der Waals surface area contributed by atoms with Crippen LogP contribution in [0, 0.1) is 0 Å². The Kier molecular flexibility index (Phi) is 5.29. The Labute approximate surface area is 149 Å². The van der Waals surface area contributed by atoms with Gasteiger partial charge in [-0.1, -0.05) is 36.4 Å². The molecule has 1 aromatic heterocycles. The van der Waals surface area contributed by atoms with Gasteiger partial charge in [-0.15, -0.1) is 13.2 Å². The van der Waals surface area contributed by atoms with Crippen molar-refractivity contribution in [1.29, 1.82) is 0 Å². The van der Waals surface area contributed by atoms with E-state index in [2.05, 4.69) is 47.3 Å². The van der Waals surface area contributed by atoms with Crippen molar-refractivity contribution in [1.82, 2.24) is 9.88 Å². The molecule has 1 amide bonds. The first-order valence-corrected chi connectivity index (χ1v) is 8.51. The van der Waals surface area contributed by atoms with Crippen molar-refractivity contribution < 1.29 is 4.79 Å². The van der Waals surface area contributed by atoms with Crippen LogP contribution in [0.5, 0.6) is 0 Å². The number of benzene rings is 1. The van der Waals surface area contributed by atoms with Crippen LogP contribution in [-0.4, -0.2) is 35.4 Å². The number of carbonyl (C=O) groups excluding carboxylic acids is 1. The molecular weight excluding hydrogens is 310 g/mol. The van der Waals surface area contributed by atoms with E-state index in [1.807, 2.05) is 12.1 Å². The topological polar surface area (TPSA) is 36.4 Å². The molecule has 0 bridgehead atoms. The predicted octanol–water partition coefficient (Wildman–Crippen LogP) is 3.46. The van der Waals surface area contributed by atoms with Crippen LogP contribution in [-0.2, 0) is 13.0 Å². The van der Waals surface area contributed by atoms with E-state index in [9.17, 15) is 4.79 Å². The minimum atomic E-state index is -0.0529. The monoisotopic (exact) mass is 333 g/mol. The number of hydrogen-bond acceptors (Lipinski definition) is 3. The third kappa shape index (κ3) is 3.79. The number of nitrogens with zero attached hydrogens (tertiary/aromatic N) is 3. The smallest absolute Gasteiger partial charge is 0.255 e. The van der Waals surface area contributed by atoms with Crippen LogP contribution in [0.15, 0.2) is 67.9 Å². The van der Waals surface area contributed by atoms with Crippen molar-refractivity contribution in [3.63, 3.8) is 0 Å². The molecule has 1 aliphatic heterocycles. The SMILES string of the molecule is C=CCN(CC=C)C(=O)c1ccc(N2CCc3ccccc3C2)nc1. The average Bonchev–Trinajstić information content (AvgIpc) is 2.67. The van der Waals surface area contributed by atoms with Crippen molar-refractivity contribution in [2.45, 2.75) is 13.0 Å². The summed E-state index contributed by atoms with van der Waals surface area (Å²) in [5, 5.41) is 0. The zero-order chi connectivity index (χ0) is 17.6. The lowest BCUT2D eigenvalue weighted by Crippen LogP contribution is -2.32. The second kappa shape index (κ2) is 7.79. The van der Waals surface area contributed by atoms with E-state index in [1.54, 1.807) is 23.2 Å². The quantitative estimate of drug-likeness (QED) is 0.760. The van der Waals surface area contributed by atoms with Crippen LogP contribution in [0.1, 0.15) is 21.5 Å². The van der Waals surface area contributed by atoms with Gasteiger partial charge >= 0.3 is 0 Å². The molecule has 3 rings (SSSR count). The molecule has 2 aromatic rings. The fourth-order valence-corrected chi connectivity index (χ4v) is 3.13. The molecule has 0 unspecified atom stereocenters. The number of anilines is 1. The maximum absolute atomic E-state index is 12.6. The van der Waals surface area contributed by atoms with E-state index in [0.29, 0.717) is 18.7 Å². The summed E-state index contributed by atoms with van der Waals surface area (Å²) >= 11 is 0. The van der Waals surface area contributed by atoms with Gasteiger partial charge in [0.1, 0.15) is 5.82 Å². The average molecular weight is 333 g/mol. The van der Waals surface area contributed by atoms with Gasteiger partial charge in [-0.2, -0.15) is 0 Å². The maximum atomic E-state index is 12.6. The van der Waals surface area contributed by atoms with Gasteiger partial charge in [-0.25, -0.2) is 4.98 Å². The van der Waals surface area contributed by atoms with E-state index in [-0.39, 0.29) is 5.91 Å². The molecule has 0 atom stereocenters. The van der Waals surface area contributed by atoms with Gasteiger partial charge in [0.25, 0.3) is 5.91 Å². The molecule has 0 fully saturated rings. The maximum Gasteiger partial charge on any atom is 0.255 e. The second-order valence-corrected chi connectivity index (χ2v) is 6.13. The van der Waals surface area contributed by atoms with Crippen LogP contribution in [0.2, 0.25) is 0 Å². The Bertz CT molecular complexity index is 757. The summed E-state index contributed by atoms with van der Waals surface area (Å²) in [7, 11) is 0. The summed E-state index contributed by atoms with van der Waals surface area (Å²) < 4.78 is 0. The highest BCUT2D eigenvalue weighted by molar-refractivity contribution is 5.94. The van der Waals surface area contributed by atoms with Gasteiger partial charge in [0, 0.05) is 32.4 Å². The standard InChI is InChI=1S/C21H23N3O/c1-3-12-23(13-4-2)21(25)18-9-10-20(22-15-18)24-14-11-17-7-5-6-8-19(17)16-24/h3-10,15H,1-2,11-14,16H2. The molecule has 2 heterocycles. The Morgan fingerprint density at radius 2 is 1.84 bits per heavy atom. The van der Waals surface area contributed by atoms with Crippen LogP contribution >= 0.6 is 0 Å². The minimum absolute atomic E-state index is 0.0529. The van der Waals surface area contributed by atoms with Crippen LogP contribution in [0.3, 0.4) is 0 Å². The first-order chi connectivity index (χ1) is 12.2. The van der Waals surface area contributed by atoms with Gasteiger partial charge in [-0.3, -0.25) is 4.79 Å². The van der Waals surface area contributed by atoms with E-state index in [4.69, 9.17) is 0 Å². The number of pyridine rings is 1. The van der Waals surface area contributed by atoms with Crippen molar-refractivity contribution in [2.24, 2.45) is 0 Å². The number of carbonyl (C=O) groups is 1. The normalized spacial score (nSPS) is 13.0. The third-order valence-electron chi connectivity index (χ3n) is 4.44. The van der Waals surface area contributed by atoms with Crippen molar-refractivity contribution in [3.05, 3.63) is 84.6 Å². The molecule has 1 aromatic carbocycles. The molecule has 0 saturated carbocycles. The van der Waals surface area contributed by atoms with Crippen molar-refractivity contribution >= 4 is 11.7 Å². The first kappa shape index (κ1) is 17.0. The summed E-state index contributed by atoms with van der Waals surface area (Å²) in [4.78, 5) is 21.0. The predicted molar refractivity (Wildman–Crippen MR) is 102 cm³/mol. The van der Waals surface area contributed by atoms with Crippen molar-refractivity contribution in [3.8, 4) is 0 Å². The molecular formula is C21H23N3O. The molecule has 128 valence electrons. The van der Waals surface area contributed by atoms with Crippen LogP contribution in [0.25, 0.3) is 0 Å². The zero-order valence-corrected chi connectivity index (χ0v) is 14.4. The van der Waals surface area contributed by atoms with Crippen LogP contribution < -0.4 is 4.90 Å². The fourth-order valence-electron chi connectivity index (χ4n) is 3.13. The highest BCUT2D eigenvalue weighted by atomic mass is 16.2. The first-order valence-electron chi connectivity index (χ1n) is 8.51. The number of amides is 1. The molecule has 0 radical (unpaired) electrons. The second-order valence-electron chi connectivity index (χ2n) is 6.13. The van der Waals surface area contributed by atoms with Gasteiger partial charge in [0.15, 0.2) is 0 Å². The fraction of sp³-hybridized carbons (Fsp3) is 0.238. The number of fused-ring (bicyclic) bond motifs is 1. The van der Waals surface area contributed by atoms with E-state index >= 15 is 0 Å². The third-order valence-corrected chi connectivity index (χ3v) is 4.44. The highest BCUT2D eigenvalue weighted by Gasteiger charge is 2.18. The molecule has 1 aliphatic rings. The number of aromatic nitrogens is 1. The Morgan fingerprint density at radius 3 is 2.48 bits per heavy atom. The molecule has 0 aliphatic carbocycles. The Morgan fingerprint density at radius 1 is 1.12 bits per heavy atom. The lowest BCUT2D eigenvalue weighted by Gasteiger charge is -2.30. The molecule has 4 heteroatoms. The molecule has 0 spiro atoms. The highest BCUT2D eigenvalue weighted by Crippen LogP contribution is 2.23. The van der Waals surface area contributed by atoms with E-state index in [0.717, 1.165) is 25.3 Å². The molecule has 4 nitrogen and oxygen atoms in total. The van der Waals surface area contributed by atoms with Crippen LogP contribution in [0.4, 0.5) is 5.82 Å². The summed E-state index contributed by atoms with van der Waals surface area (Å²) in [5.41, 5.74) is 3.35. The number of hydrogen-bond donors (Lipinski definition) is 0. The Hall–Kier alpha value is -2.88. The molecule has 25 heavy (non-hydrogen) atoms. The van der Waals surface area contributed by atoms with E-state index < -0.39 is 0 Å². The molecule has 0 saturated heterocycles.